The van der Waals surface area contributed by atoms with E-state index in [-0.39, 0.29) is 5.97 Å². The van der Waals surface area contributed by atoms with Crippen LogP contribution in [0.15, 0.2) is 48.6 Å². The number of rotatable bonds is 39. The maximum atomic E-state index is 12.2. The average Bonchev–Trinajstić information content (AvgIpc) is 3.11. The molecular formula is C46H82O4. The largest absolute Gasteiger partial charge is 0.479 e. The number of allylic oxidation sites excluding steroid dienone is 8. The van der Waals surface area contributed by atoms with E-state index in [4.69, 9.17) is 4.74 Å². The summed E-state index contributed by atoms with van der Waals surface area (Å²) in [6, 6.07) is 0. The van der Waals surface area contributed by atoms with Gasteiger partial charge in [-0.1, -0.05) is 204 Å². The smallest absolute Gasteiger partial charge is 0.345 e. The molecule has 0 saturated carbocycles. The van der Waals surface area contributed by atoms with E-state index in [1.807, 2.05) is 0 Å². The second-order valence-corrected chi connectivity index (χ2v) is 14.5. The molecule has 4 nitrogen and oxygen atoms in total. The zero-order valence-corrected chi connectivity index (χ0v) is 33.2. The number of carboxylic acid groups (broad SMARTS) is 1. The highest BCUT2D eigenvalue weighted by Gasteiger charge is 2.21. The predicted octanol–water partition coefficient (Wildman–Crippen LogP) is 15.1. The first kappa shape index (κ1) is 47.9. The first-order valence-electron chi connectivity index (χ1n) is 21.6. The molecule has 4 heteroatoms. The summed E-state index contributed by atoms with van der Waals surface area (Å²) in [4.78, 5) is 23.9. The van der Waals surface area contributed by atoms with Crippen molar-refractivity contribution in [3.63, 3.8) is 0 Å². The standard InChI is InChI=1S/C46H82O4/c1-3-5-7-9-11-13-15-17-19-21-23-25-26-28-30-32-34-36-38-40-42-44(46(48)49)50-45(47)43-41-39-37-35-33-31-29-27-24-22-20-18-16-14-12-10-8-6-4-2/h12,14,18,20,24,27,31,33,44H,3-11,13,15-17,19,21-23,25-26,28-30,32,34-43H2,1-2H3,(H,48,49)/b14-12-,20-18-,27-24-,33-31-. The highest BCUT2D eigenvalue weighted by Crippen LogP contribution is 2.16. The Morgan fingerprint density at radius 1 is 0.440 bits per heavy atom. The fourth-order valence-electron chi connectivity index (χ4n) is 6.30. The summed E-state index contributed by atoms with van der Waals surface area (Å²) in [5.41, 5.74) is 0. The van der Waals surface area contributed by atoms with Crippen molar-refractivity contribution in [3.8, 4) is 0 Å². The number of carbonyl (C=O) groups excluding carboxylic acids is 1. The van der Waals surface area contributed by atoms with E-state index in [9.17, 15) is 14.7 Å². The molecule has 1 atom stereocenters. The second-order valence-electron chi connectivity index (χ2n) is 14.5. The van der Waals surface area contributed by atoms with Crippen LogP contribution in [0.25, 0.3) is 0 Å². The van der Waals surface area contributed by atoms with Crippen molar-refractivity contribution in [2.45, 2.75) is 232 Å². The first-order valence-corrected chi connectivity index (χ1v) is 21.6. The lowest BCUT2D eigenvalue weighted by atomic mass is 10.0. The van der Waals surface area contributed by atoms with Crippen LogP contribution in [-0.2, 0) is 14.3 Å². The summed E-state index contributed by atoms with van der Waals surface area (Å²) in [6.45, 7) is 4.52. The van der Waals surface area contributed by atoms with Crippen molar-refractivity contribution in [1.82, 2.24) is 0 Å². The molecule has 0 aromatic carbocycles. The lowest BCUT2D eigenvalue weighted by Gasteiger charge is -2.13. The van der Waals surface area contributed by atoms with Crippen LogP contribution < -0.4 is 0 Å². The third-order valence-corrected chi connectivity index (χ3v) is 9.58. The third-order valence-electron chi connectivity index (χ3n) is 9.58. The van der Waals surface area contributed by atoms with Crippen molar-refractivity contribution < 1.29 is 19.4 Å². The molecule has 0 aliphatic heterocycles. The number of esters is 1. The molecule has 1 N–H and O–H groups in total. The van der Waals surface area contributed by atoms with Crippen LogP contribution in [0.3, 0.4) is 0 Å². The molecule has 50 heavy (non-hydrogen) atoms. The van der Waals surface area contributed by atoms with Gasteiger partial charge in [-0.3, -0.25) is 4.79 Å². The van der Waals surface area contributed by atoms with Gasteiger partial charge in [0.2, 0.25) is 0 Å². The van der Waals surface area contributed by atoms with E-state index in [0.717, 1.165) is 64.2 Å². The number of carbonyl (C=O) groups is 2. The quantitative estimate of drug-likeness (QED) is 0.0394. The molecule has 0 aromatic heterocycles. The third kappa shape index (κ3) is 38.7. The molecule has 0 amide bonds. The first-order chi connectivity index (χ1) is 24.6. The minimum absolute atomic E-state index is 0.303. The molecule has 0 heterocycles. The Balaban J connectivity index is 3.60. The number of carboxylic acids is 1. The summed E-state index contributed by atoms with van der Waals surface area (Å²) in [5, 5.41) is 9.52. The summed E-state index contributed by atoms with van der Waals surface area (Å²) in [7, 11) is 0. The summed E-state index contributed by atoms with van der Waals surface area (Å²) in [6.07, 6.45) is 55.8. The molecule has 0 aliphatic rings. The number of hydrogen-bond donors (Lipinski definition) is 1. The van der Waals surface area contributed by atoms with Gasteiger partial charge in [0.15, 0.2) is 6.10 Å². The van der Waals surface area contributed by atoms with Crippen LogP contribution in [0.4, 0.5) is 0 Å². The molecule has 290 valence electrons. The van der Waals surface area contributed by atoms with Crippen molar-refractivity contribution in [2.24, 2.45) is 0 Å². The number of aliphatic carboxylic acids is 1. The summed E-state index contributed by atoms with van der Waals surface area (Å²) < 4.78 is 5.32. The van der Waals surface area contributed by atoms with Crippen LogP contribution in [0.1, 0.15) is 226 Å². The molecule has 0 spiro atoms. The predicted molar refractivity (Wildman–Crippen MR) is 218 cm³/mol. The van der Waals surface area contributed by atoms with E-state index >= 15 is 0 Å². The van der Waals surface area contributed by atoms with E-state index in [1.165, 1.54) is 135 Å². The highest BCUT2D eigenvalue weighted by molar-refractivity contribution is 5.77. The van der Waals surface area contributed by atoms with Gasteiger partial charge in [0, 0.05) is 6.42 Å². The minimum Gasteiger partial charge on any atom is -0.479 e. The Bertz CT molecular complexity index is 839. The molecule has 1 unspecified atom stereocenters. The van der Waals surface area contributed by atoms with Crippen molar-refractivity contribution in [3.05, 3.63) is 48.6 Å². The van der Waals surface area contributed by atoms with Gasteiger partial charge in [-0.15, -0.1) is 0 Å². The molecule has 0 radical (unpaired) electrons. The molecular weight excluding hydrogens is 617 g/mol. The Kier molecular flexibility index (Phi) is 39.6. The van der Waals surface area contributed by atoms with Gasteiger partial charge >= 0.3 is 11.9 Å². The Morgan fingerprint density at radius 3 is 1.16 bits per heavy atom. The lowest BCUT2D eigenvalue weighted by Crippen LogP contribution is -2.27. The lowest BCUT2D eigenvalue weighted by molar-refractivity contribution is -0.164. The van der Waals surface area contributed by atoms with Crippen molar-refractivity contribution >= 4 is 11.9 Å². The summed E-state index contributed by atoms with van der Waals surface area (Å²) in [5.74, 6) is -1.39. The molecule has 0 saturated heterocycles. The second kappa shape index (κ2) is 41.3. The Morgan fingerprint density at radius 2 is 0.760 bits per heavy atom. The van der Waals surface area contributed by atoms with E-state index in [2.05, 4.69) is 62.5 Å². The van der Waals surface area contributed by atoms with Gasteiger partial charge in [-0.25, -0.2) is 4.79 Å². The van der Waals surface area contributed by atoms with E-state index in [0.29, 0.717) is 12.8 Å². The Hall–Kier alpha value is -2.10. The van der Waals surface area contributed by atoms with Gasteiger partial charge in [0.1, 0.15) is 0 Å². The highest BCUT2D eigenvalue weighted by atomic mass is 16.6. The van der Waals surface area contributed by atoms with Crippen LogP contribution in [0.5, 0.6) is 0 Å². The Labute approximate surface area is 311 Å². The normalized spacial score (nSPS) is 12.7. The SMILES string of the molecule is CCCCC/C=C\C/C=C\C/C=C\C/C=C\CCCCCC(=O)OC(CCCCCCCCCCCCCCCCCCCCCC)C(=O)O. The van der Waals surface area contributed by atoms with Crippen molar-refractivity contribution in [2.75, 3.05) is 0 Å². The van der Waals surface area contributed by atoms with Crippen LogP contribution in [0, 0.1) is 0 Å². The van der Waals surface area contributed by atoms with Gasteiger partial charge in [-0.05, 0) is 64.2 Å². The summed E-state index contributed by atoms with van der Waals surface area (Å²) >= 11 is 0. The van der Waals surface area contributed by atoms with Gasteiger partial charge in [0.05, 0.1) is 0 Å². The number of unbranched alkanes of at least 4 members (excludes halogenated alkanes) is 25. The van der Waals surface area contributed by atoms with Crippen molar-refractivity contribution in [1.29, 1.82) is 0 Å². The number of ether oxygens (including phenoxy) is 1. The van der Waals surface area contributed by atoms with Crippen LogP contribution >= 0.6 is 0 Å². The molecule has 0 rings (SSSR count). The van der Waals surface area contributed by atoms with Crippen LogP contribution in [0.2, 0.25) is 0 Å². The maximum Gasteiger partial charge on any atom is 0.345 e. The fourth-order valence-corrected chi connectivity index (χ4v) is 6.30. The zero-order valence-electron chi connectivity index (χ0n) is 33.2. The van der Waals surface area contributed by atoms with E-state index < -0.39 is 12.1 Å². The maximum absolute atomic E-state index is 12.2. The number of hydrogen-bond acceptors (Lipinski definition) is 3. The van der Waals surface area contributed by atoms with Gasteiger partial charge in [-0.2, -0.15) is 0 Å². The molecule has 0 fully saturated rings. The zero-order chi connectivity index (χ0) is 36.4. The minimum atomic E-state index is -1.02. The topological polar surface area (TPSA) is 63.6 Å². The van der Waals surface area contributed by atoms with E-state index in [1.54, 1.807) is 0 Å². The molecule has 0 aliphatic carbocycles. The van der Waals surface area contributed by atoms with Crippen LogP contribution in [-0.4, -0.2) is 23.1 Å². The molecule has 0 aromatic rings. The van der Waals surface area contributed by atoms with Gasteiger partial charge < -0.3 is 9.84 Å². The average molecular weight is 699 g/mol. The monoisotopic (exact) mass is 699 g/mol. The van der Waals surface area contributed by atoms with Gasteiger partial charge in [0.25, 0.3) is 0 Å². The fraction of sp³-hybridized carbons (Fsp3) is 0.783. The molecule has 0 bridgehead atoms.